The number of phenolic OH excluding ortho intramolecular Hbond substituents is 1. The lowest BCUT2D eigenvalue weighted by Gasteiger charge is -2.15. The van der Waals surface area contributed by atoms with Gasteiger partial charge < -0.3 is 10.4 Å². The summed E-state index contributed by atoms with van der Waals surface area (Å²) in [6, 6.07) is 14.6. The molecule has 0 bridgehead atoms. The van der Waals surface area contributed by atoms with Crippen LogP contribution < -0.4 is 5.32 Å². The third kappa shape index (κ3) is 2.36. The number of anilines is 1. The van der Waals surface area contributed by atoms with Gasteiger partial charge in [0.05, 0.1) is 5.69 Å². The number of H-pyrrole nitrogens is 1. The Balaban J connectivity index is 1.67. The van der Waals surface area contributed by atoms with E-state index in [0.717, 1.165) is 29.7 Å². The van der Waals surface area contributed by atoms with Gasteiger partial charge in [0.1, 0.15) is 11.4 Å². The molecular weight excluding hydrogens is 290 g/mol. The van der Waals surface area contributed by atoms with Crippen molar-refractivity contribution in [3.8, 4) is 17.0 Å². The standard InChI is InChI=1S/C18H15N3O2/c22-13-6-3-5-12(10-13)19-18(23)17-15-9-8-11-4-1-2-7-14(11)16(15)20-21-17/h1-7,10,22H,8-9H2,(H,19,23)(H,20,21). The molecule has 0 radical (unpaired) electrons. The van der Waals surface area contributed by atoms with Gasteiger partial charge in [0.25, 0.3) is 5.91 Å². The molecule has 0 saturated carbocycles. The maximum absolute atomic E-state index is 12.5. The van der Waals surface area contributed by atoms with Crippen LogP contribution in [0, 0.1) is 0 Å². The van der Waals surface area contributed by atoms with Gasteiger partial charge in [-0.25, -0.2) is 0 Å². The Morgan fingerprint density at radius 3 is 2.87 bits per heavy atom. The molecule has 0 fully saturated rings. The SMILES string of the molecule is O=C(Nc1cccc(O)c1)c1[nH]nc2c1CCc1ccccc1-2. The van der Waals surface area contributed by atoms with E-state index >= 15 is 0 Å². The Bertz CT molecular complexity index is 899. The van der Waals surface area contributed by atoms with Crippen LogP contribution in [-0.4, -0.2) is 21.2 Å². The van der Waals surface area contributed by atoms with E-state index < -0.39 is 0 Å². The van der Waals surface area contributed by atoms with E-state index in [9.17, 15) is 9.90 Å². The van der Waals surface area contributed by atoms with Gasteiger partial charge >= 0.3 is 0 Å². The summed E-state index contributed by atoms with van der Waals surface area (Å²) in [4.78, 5) is 12.5. The maximum Gasteiger partial charge on any atom is 0.273 e. The van der Waals surface area contributed by atoms with Gasteiger partial charge in [0.2, 0.25) is 0 Å². The Labute approximate surface area is 133 Å². The molecule has 114 valence electrons. The van der Waals surface area contributed by atoms with Crippen LogP contribution in [0.4, 0.5) is 5.69 Å². The second kappa shape index (κ2) is 5.28. The van der Waals surface area contributed by atoms with Crippen LogP contribution in [-0.2, 0) is 12.8 Å². The first-order chi connectivity index (χ1) is 11.2. The molecule has 2 aromatic carbocycles. The summed E-state index contributed by atoms with van der Waals surface area (Å²) < 4.78 is 0. The number of carbonyl (C=O) groups excluding carboxylic acids is 1. The molecule has 23 heavy (non-hydrogen) atoms. The molecule has 0 spiro atoms. The maximum atomic E-state index is 12.5. The minimum absolute atomic E-state index is 0.114. The largest absolute Gasteiger partial charge is 0.508 e. The highest BCUT2D eigenvalue weighted by atomic mass is 16.3. The second-order valence-electron chi connectivity index (χ2n) is 5.59. The van der Waals surface area contributed by atoms with Gasteiger partial charge in [-0.15, -0.1) is 0 Å². The van der Waals surface area contributed by atoms with Crippen molar-refractivity contribution in [2.45, 2.75) is 12.8 Å². The van der Waals surface area contributed by atoms with Crippen molar-refractivity contribution in [1.29, 1.82) is 0 Å². The molecule has 1 heterocycles. The zero-order chi connectivity index (χ0) is 15.8. The van der Waals surface area contributed by atoms with Crippen LogP contribution in [0.1, 0.15) is 21.6 Å². The molecule has 5 heteroatoms. The van der Waals surface area contributed by atoms with Crippen LogP contribution in [0.25, 0.3) is 11.3 Å². The Kier molecular flexibility index (Phi) is 3.12. The quantitative estimate of drug-likeness (QED) is 0.680. The zero-order valence-corrected chi connectivity index (χ0v) is 12.3. The molecule has 3 aromatic rings. The van der Waals surface area contributed by atoms with Crippen LogP contribution in [0.15, 0.2) is 48.5 Å². The fourth-order valence-corrected chi connectivity index (χ4v) is 3.03. The molecule has 1 aliphatic rings. The Hall–Kier alpha value is -3.08. The van der Waals surface area contributed by atoms with E-state index in [1.54, 1.807) is 18.2 Å². The molecule has 3 N–H and O–H groups in total. The number of amides is 1. The highest BCUT2D eigenvalue weighted by molar-refractivity contribution is 6.05. The van der Waals surface area contributed by atoms with Crippen LogP contribution in [0.2, 0.25) is 0 Å². The predicted molar refractivity (Wildman–Crippen MR) is 87.5 cm³/mol. The number of benzene rings is 2. The van der Waals surface area contributed by atoms with Gasteiger partial charge in [-0.2, -0.15) is 5.10 Å². The van der Waals surface area contributed by atoms with E-state index in [1.165, 1.54) is 11.6 Å². The normalized spacial score (nSPS) is 12.3. The summed E-state index contributed by atoms with van der Waals surface area (Å²) >= 11 is 0. The highest BCUT2D eigenvalue weighted by Crippen LogP contribution is 2.33. The molecule has 4 rings (SSSR count). The number of nitrogens with one attached hydrogen (secondary N) is 2. The number of aryl methyl sites for hydroxylation is 1. The van der Waals surface area contributed by atoms with Crippen molar-refractivity contribution in [2.75, 3.05) is 5.32 Å². The molecule has 0 saturated heterocycles. The van der Waals surface area contributed by atoms with E-state index in [0.29, 0.717) is 11.4 Å². The number of carbonyl (C=O) groups is 1. The topological polar surface area (TPSA) is 78.0 Å². The molecule has 1 aliphatic carbocycles. The zero-order valence-electron chi connectivity index (χ0n) is 12.3. The molecule has 0 aliphatic heterocycles. The van der Waals surface area contributed by atoms with E-state index in [1.807, 2.05) is 18.2 Å². The Morgan fingerprint density at radius 2 is 2.00 bits per heavy atom. The van der Waals surface area contributed by atoms with Gasteiger partial charge in [-0.3, -0.25) is 9.89 Å². The molecule has 1 amide bonds. The van der Waals surface area contributed by atoms with Crippen molar-refractivity contribution in [2.24, 2.45) is 0 Å². The predicted octanol–water partition coefficient (Wildman–Crippen LogP) is 3.13. The number of aromatic amines is 1. The minimum Gasteiger partial charge on any atom is -0.508 e. The van der Waals surface area contributed by atoms with Crippen molar-refractivity contribution in [3.63, 3.8) is 0 Å². The Morgan fingerprint density at radius 1 is 1.13 bits per heavy atom. The average Bonchev–Trinajstić information content (AvgIpc) is 2.99. The number of hydrogen-bond donors (Lipinski definition) is 3. The fraction of sp³-hybridized carbons (Fsp3) is 0.111. The number of hydrogen-bond acceptors (Lipinski definition) is 3. The first kappa shape index (κ1) is 13.6. The van der Waals surface area contributed by atoms with Crippen molar-refractivity contribution in [1.82, 2.24) is 10.2 Å². The third-order valence-electron chi connectivity index (χ3n) is 4.12. The second-order valence-corrected chi connectivity index (χ2v) is 5.59. The summed E-state index contributed by atoms with van der Waals surface area (Å²) in [7, 11) is 0. The fourth-order valence-electron chi connectivity index (χ4n) is 3.03. The van der Waals surface area contributed by atoms with Crippen LogP contribution in [0.5, 0.6) is 5.75 Å². The van der Waals surface area contributed by atoms with E-state index in [-0.39, 0.29) is 11.7 Å². The molecular formula is C18H15N3O2. The summed E-state index contributed by atoms with van der Waals surface area (Å²) in [5, 5.41) is 19.5. The number of nitrogens with zero attached hydrogens (tertiary/aromatic N) is 1. The third-order valence-corrected chi connectivity index (χ3v) is 4.12. The first-order valence-corrected chi connectivity index (χ1v) is 7.48. The van der Waals surface area contributed by atoms with E-state index in [2.05, 4.69) is 21.6 Å². The number of rotatable bonds is 2. The summed E-state index contributed by atoms with van der Waals surface area (Å²) in [5.74, 6) is -0.132. The summed E-state index contributed by atoms with van der Waals surface area (Å²) in [6.07, 6.45) is 1.68. The lowest BCUT2D eigenvalue weighted by atomic mass is 9.89. The number of aromatic hydroxyl groups is 1. The van der Waals surface area contributed by atoms with Gasteiger partial charge in [0, 0.05) is 22.9 Å². The minimum atomic E-state index is -0.247. The van der Waals surface area contributed by atoms with Crippen LogP contribution in [0.3, 0.4) is 0 Å². The molecule has 0 atom stereocenters. The van der Waals surface area contributed by atoms with Crippen molar-refractivity contribution < 1.29 is 9.90 Å². The van der Waals surface area contributed by atoms with Gasteiger partial charge in [0.15, 0.2) is 0 Å². The lowest BCUT2D eigenvalue weighted by molar-refractivity contribution is 0.102. The first-order valence-electron chi connectivity index (χ1n) is 7.48. The lowest BCUT2D eigenvalue weighted by Crippen LogP contribution is -2.15. The number of phenols is 1. The highest BCUT2D eigenvalue weighted by Gasteiger charge is 2.24. The average molecular weight is 305 g/mol. The molecule has 0 unspecified atom stereocenters. The summed E-state index contributed by atoms with van der Waals surface area (Å²) in [6.45, 7) is 0. The van der Waals surface area contributed by atoms with E-state index in [4.69, 9.17) is 0 Å². The van der Waals surface area contributed by atoms with Crippen molar-refractivity contribution >= 4 is 11.6 Å². The molecule has 1 aromatic heterocycles. The summed E-state index contributed by atoms with van der Waals surface area (Å²) in [5.41, 5.74) is 5.18. The monoisotopic (exact) mass is 305 g/mol. The van der Waals surface area contributed by atoms with Crippen molar-refractivity contribution in [3.05, 3.63) is 65.4 Å². The number of fused-ring (bicyclic) bond motifs is 3. The van der Waals surface area contributed by atoms with Crippen LogP contribution >= 0.6 is 0 Å². The van der Waals surface area contributed by atoms with Gasteiger partial charge in [-0.05, 0) is 30.5 Å². The number of aromatic nitrogens is 2. The van der Waals surface area contributed by atoms with Gasteiger partial charge in [-0.1, -0.05) is 30.3 Å². The smallest absolute Gasteiger partial charge is 0.273 e. The molecule has 5 nitrogen and oxygen atoms in total.